The van der Waals surface area contributed by atoms with Crippen LogP contribution < -0.4 is 0 Å². The van der Waals surface area contributed by atoms with Crippen LogP contribution in [0.15, 0.2) is 11.6 Å². The first-order chi connectivity index (χ1) is 6.79. The smallest absolute Gasteiger partial charge is 0.107 e. The van der Waals surface area contributed by atoms with Crippen LogP contribution >= 0.6 is 11.3 Å². The van der Waals surface area contributed by atoms with Gasteiger partial charge in [-0.05, 0) is 12.3 Å². The van der Waals surface area contributed by atoms with Crippen molar-refractivity contribution in [3.63, 3.8) is 0 Å². The predicted molar refractivity (Wildman–Crippen MR) is 57.2 cm³/mol. The lowest BCUT2D eigenvalue weighted by Gasteiger charge is -2.12. The number of rotatable bonds is 3. The maximum Gasteiger partial charge on any atom is 0.107 e. The number of β-amino-alcohol motifs (C(OH)–C–C–N with tert-alkyl or cyclic N) is 1. The Morgan fingerprint density at radius 3 is 3.07 bits per heavy atom. The molecular weight excluding hydrogens is 196 g/mol. The normalized spacial score (nSPS) is 28.4. The molecule has 2 heterocycles. The predicted octanol–water partition coefficient (Wildman–Crippen LogP) is 1.35. The zero-order valence-corrected chi connectivity index (χ0v) is 9.20. The SMILES string of the molecule is CCC1CN(Cc2nccs2)CC1O. The van der Waals surface area contributed by atoms with Crippen LogP contribution in [0.5, 0.6) is 0 Å². The second kappa shape index (κ2) is 4.38. The molecule has 1 N–H and O–H groups in total. The first-order valence-corrected chi connectivity index (χ1v) is 5.96. The maximum atomic E-state index is 9.73. The molecule has 1 aromatic heterocycles. The van der Waals surface area contributed by atoms with Gasteiger partial charge in [0, 0.05) is 24.7 Å². The van der Waals surface area contributed by atoms with Crippen LogP contribution in [-0.2, 0) is 6.54 Å². The van der Waals surface area contributed by atoms with E-state index >= 15 is 0 Å². The van der Waals surface area contributed by atoms with Gasteiger partial charge < -0.3 is 5.11 Å². The molecule has 2 rings (SSSR count). The Balaban J connectivity index is 1.89. The molecule has 1 fully saturated rings. The van der Waals surface area contributed by atoms with Crippen LogP contribution in [0.1, 0.15) is 18.4 Å². The number of nitrogens with zero attached hydrogens (tertiary/aromatic N) is 2. The number of aliphatic hydroxyl groups excluding tert-OH is 1. The van der Waals surface area contributed by atoms with Crippen molar-refractivity contribution >= 4 is 11.3 Å². The van der Waals surface area contributed by atoms with Crippen LogP contribution in [0.3, 0.4) is 0 Å². The van der Waals surface area contributed by atoms with Gasteiger partial charge in [-0.25, -0.2) is 4.98 Å². The average molecular weight is 212 g/mol. The summed E-state index contributed by atoms with van der Waals surface area (Å²) in [6.07, 6.45) is 2.76. The number of likely N-dealkylation sites (tertiary alicyclic amines) is 1. The number of aromatic nitrogens is 1. The molecule has 0 spiro atoms. The van der Waals surface area contributed by atoms with Crippen molar-refractivity contribution < 1.29 is 5.11 Å². The van der Waals surface area contributed by atoms with E-state index in [1.807, 2.05) is 11.6 Å². The number of hydrogen-bond acceptors (Lipinski definition) is 4. The van der Waals surface area contributed by atoms with E-state index in [0.717, 1.165) is 31.1 Å². The highest BCUT2D eigenvalue weighted by Gasteiger charge is 2.29. The fourth-order valence-electron chi connectivity index (χ4n) is 1.99. The molecule has 4 heteroatoms. The Morgan fingerprint density at radius 2 is 2.50 bits per heavy atom. The molecule has 3 nitrogen and oxygen atoms in total. The van der Waals surface area contributed by atoms with Gasteiger partial charge in [0.25, 0.3) is 0 Å². The van der Waals surface area contributed by atoms with E-state index in [1.54, 1.807) is 11.3 Å². The molecule has 78 valence electrons. The summed E-state index contributed by atoms with van der Waals surface area (Å²) in [6, 6.07) is 0. The first-order valence-electron chi connectivity index (χ1n) is 5.08. The summed E-state index contributed by atoms with van der Waals surface area (Å²) in [7, 11) is 0. The zero-order valence-electron chi connectivity index (χ0n) is 8.39. The van der Waals surface area contributed by atoms with E-state index in [0.29, 0.717) is 5.92 Å². The Hall–Kier alpha value is -0.450. The van der Waals surface area contributed by atoms with E-state index in [2.05, 4.69) is 16.8 Å². The van der Waals surface area contributed by atoms with Crippen molar-refractivity contribution in [2.45, 2.75) is 26.0 Å². The minimum Gasteiger partial charge on any atom is -0.391 e. The Kier molecular flexibility index (Phi) is 3.15. The van der Waals surface area contributed by atoms with Gasteiger partial charge in [0.1, 0.15) is 5.01 Å². The molecule has 2 atom stereocenters. The van der Waals surface area contributed by atoms with Gasteiger partial charge in [-0.2, -0.15) is 0 Å². The summed E-state index contributed by atoms with van der Waals surface area (Å²) in [6.45, 7) is 4.85. The second-order valence-corrected chi connectivity index (χ2v) is 4.83. The van der Waals surface area contributed by atoms with E-state index in [9.17, 15) is 5.11 Å². The lowest BCUT2D eigenvalue weighted by Crippen LogP contribution is -2.21. The van der Waals surface area contributed by atoms with E-state index in [1.165, 1.54) is 0 Å². The average Bonchev–Trinajstić information content (AvgIpc) is 2.76. The third-order valence-electron chi connectivity index (χ3n) is 2.85. The van der Waals surface area contributed by atoms with Crippen molar-refractivity contribution in [2.24, 2.45) is 5.92 Å². The van der Waals surface area contributed by atoms with Gasteiger partial charge in [-0.1, -0.05) is 6.92 Å². The lowest BCUT2D eigenvalue weighted by molar-refractivity contribution is 0.139. The minimum absolute atomic E-state index is 0.139. The van der Waals surface area contributed by atoms with E-state index in [4.69, 9.17) is 0 Å². The third kappa shape index (κ3) is 2.13. The summed E-state index contributed by atoms with van der Waals surface area (Å²) in [5.41, 5.74) is 0. The summed E-state index contributed by atoms with van der Waals surface area (Å²) in [4.78, 5) is 6.54. The molecular formula is C10H16N2OS. The van der Waals surface area contributed by atoms with Crippen LogP contribution in [-0.4, -0.2) is 34.2 Å². The van der Waals surface area contributed by atoms with E-state index < -0.39 is 0 Å². The van der Waals surface area contributed by atoms with Crippen molar-refractivity contribution in [3.05, 3.63) is 16.6 Å². The fourth-order valence-corrected chi connectivity index (χ4v) is 2.65. The molecule has 1 aromatic rings. The standard InChI is InChI=1S/C10H16N2OS/c1-2-8-5-12(6-9(8)13)7-10-11-3-4-14-10/h3-4,8-9,13H,2,5-7H2,1H3. The van der Waals surface area contributed by atoms with Crippen molar-refractivity contribution in [3.8, 4) is 0 Å². The summed E-state index contributed by atoms with van der Waals surface area (Å²) in [5.74, 6) is 0.454. The largest absolute Gasteiger partial charge is 0.391 e. The van der Waals surface area contributed by atoms with Gasteiger partial charge in [0.15, 0.2) is 0 Å². The van der Waals surface area contributed by atoms with Crippen molar-refractivity contribution in [2.75, 3.05) is 13.1 Å². The highest BCUT2D eigenvalue weighted by Crippen LogP contribution is 2.22. The summed E-state index contributed by atoms with van der Waals surface area (Å²) in [5, 5.41) is 12.9. The number of aliphatic hydroxyl groups is 1. The molecule has 0 radical (unpaired) electrons. The molecule has 2 unspecified atom stereocenters. The number of thiazole rings is 1. The monoisotopic (exact) mass is 212 g/mol. The fraction of sp³-hybridized carbons (Fsp3) is 0.700. The maximum absolute atomic E-state index is 9.73. The Bertz CT molecular complexity index is 276. The topological polar surface area (TPSA) is 36.4 Å². The van der Waals surface area contributed by atoms with E-state index in [-0.39, 0.29) is 6.10 Å². The van der Waals surface area contributed by atoms with Crippen LogP contribution in [0.4, 0.5) is 0 Å². The molecule has 14 heavy (non-hydrogen) atoms. The van der Waals surface area contributed by atoms with Gasteiger partial charge in [-0.3, -0.25) is 4.90 Å². The summed E-state index contributed by atoms with van der Waals surface area (Å²) >= 11 is 1.69. The van der Waals surface area contributed by atoms with Crippen molar-refractivity contribution in [1.29, 1.82) is 0 Å². The zero-order chi connectivity index (χ0) is 9.97. The van der Waals surface area contributed by atoms with Gasteiger partial charge in [0.05, 0.1) is 12.6 Å². The molecule has 0 aromatic carbocycles. The second-order valence-electron chi connectivity index (χ2n) is 3.86. The molecule has 0 aliphatic carbocycles. The molecule has 0 bridgehead atoms. The number of hydrogen-bond donors (Lipinski definition) is 1. The molecule has 0 saturated carbocycles. The minimum atomic E-state index is -0.139. The van der Waals surface area contributed by atoms with Crippen molar-refractivity contribution in [1.82, 2.24) is 9.88 Å². The molecule has 1 aliphatic rings. The Labute approximate surface area is 88.4 Å². The van der Waals surface area contributed by atoms with Crippen LogP contribution in [0.25, 0.3) is 0 Å². The third-order valence-corrected chi connectivity index (χ3v) is 3.61. The van der Waals surface area contributed by atoms with Crippen LogP contribution in [0, 0.1) is 5.92 Å². The highest BCUT2D eigenvalue weighted by molar-refractivity contribution is 7.09. The van der Waals surface area contributed by atoms with Gasteiger partial charge >= 0.3 is 0 Å². The first kappa shape index (κ1) is 10.1. The highest BCUT2D eigenvalue weighted by atomic mass is 32.1. The van der Waals surface area contributed by atoms with Crippen LogP contribution in [0.2, 0.25) is 0 Å². The summed E-state index contributed by atoms with van der Waals surface area (Å²) < 4.78 is 0. The Morgan fingerprint density at radius 1 is 1.64 bits per heavy atom. The van der Waals surface area contributed by atoms with Gasteiger partial charge in [0.2, 0.25) is 0 Å². The molecule has 1 saturated heterocycles. The molecule has 0 amide bonds. The molecule has 1 aliphatic heterocycles. The lowest BCUT2D eigenvalue weighted by atomic mass is 10.0. The quantitative estimate of drug-likeness (QED) is 0.821. The van der Waals surface area contributed by atoms with Gasteiger partial charge in [-0.15, -0.1) is 11.3 Å².